The van der Waals surface area contributed by atoms with E-state index in [9.17, 15) is 0 Å². The van der Waals surface area contributed by atoms with Gasteiger partial charge in [0.2, 0.25) is 0 Å². The Labute approximate surface area is 210 Å². The Morgan fingerprint density at radius 1 is 0.886 bits per heavy atom. The molecule has 3 aromatic carbocycles. The molecule has 176 valence electrons. The van der Waals surface area contributed by atoms with E-state index in [0.29, 0.717) is 11.7 Å². The van der Waals surface area contributed by atoms with Crippen LogP contribution in [-0.2, 0) is 13.1 Å². The number of hydrogen-bond acceptors (Lipinski definition) is 3. The largest absolute Gasteiger partial charge is 0.330 e. The maximum Gasteiger partial charge on any atom is 0.175 e. The third kappa shape index (κ3) is 5.10. The van der Waals surface area contributed by atoms with Crippen molar-refractivity contribution in [3.8, 4) is 0 Å². The Morgan fingerprint density at radius 3 is 2.49 bits per heavy atom. The number of aryl methyl sites for hydroxylation is 2. The lowest BCUT2D eigenvalue weighted by molar-refractivity contribution is 0.659. The summed E-state index contributed by atoms with van der Waals surface area (Å²) in [5.74, 6) is 0. The summed E-state index contributed by atoms with van der Waals surface area (Å²) in [6, 6.07) is 23.3. The zero-order valence-electron chi connectivity index (χ0n) is 20.1. The van der Waals surface area contributed by atoms with Gasteiger partial charge in [0.15, 0.2) is 5.11 Å². The normalized spacial score (nSPS) is 11.1. The number of rotatable bonds is 6. The highest BCUT2D eigenvalue weighted by molar-refractivity contribution is 7.80. The molecule has 0 aliphatic carbocycles. The molecule has 2 heterocycles. The van der Waals surface area contributed by atoms with Crippen LogP contribution in [0.25, 0.3) is 10.8 Å². The highest BCUT2D eigenvalue weighted by Gasteiger charge is 2.14. The molecule has 2 N–H and O–H groups in total. The van der Waals surface area contributed by atoms with Gasteiger partial charge in [-0.15, -0.1) is 0 Å². The minimum Gasteiger partial charge on any atom is -0.330 e. The van der Waals surface area contributed by atoms with Gasteiger partial charge in [-0.2, -0.15) is 10.2 Å². The molecule has 0 unspecified atom stereocenters. The smallest absolute Gasteiger partial charge is 0.175 e. The number of benzene rings is 3. The van der Waals surface area contributed by atoms with E-state index in [4.69, 9.17) is 17.3 Å². The summed E-state index contributed by atoms with van der Waals surface area (Å²) in [7, 11) is 0. The van der Waals surface area contributed by atoms with Crippen LogP contribution >= 0.6 is 12.2 Å². The fraction of sp³-hybridized carbons (Fsp3) is 0.179. The highest BCUT2D eigenvalue weighted by Crippen LogP contribution is 2.22. The van der Waals surface area contributed by atoms with E-state index in [1.54, 1.807) is 6.20 Å². The Balaban J connectivity index is 1.25. The quantitative estimate of drug-likeness (QED) is 0.289. The third-order valence-corrected chi connectivity index (χ3v) is 6.38. The van der Waals surface area contributed by atoms with E-state index in [1.165, 1.54) is 27.5 Å². The van der Waals surface area contributed by atoms with Crippen LogP contribution in [0.1, 0.15) is 28.1 Å². The summed E-state index contributed by atoms with van der Waals surface area (Å²) >= 11 is 5.60. The fourth-order valence-electron chi connectivity index (χ4n) is 4.29. The second-order valence-corrected chi connectivity index (χ2v) is 9.24. The van der Waals surface area contributed by atoms with E-state index in [0.717, 1.165) is 29.3 Å². The summed E-state index contributed by atoms with van der Waals surface area (Å²) in [6.07, 6.45) is 3.76. The van der Waals surface area contributed by atoms with Gasteiger partial charge in [-0.3, -0.25) is 9.36 Å². The van der Waals surface area contributed by atoms with Crippen LogP contribution in [0.2, 0.25) is 0 Å². The van der Waals surface area contributed by atoms with Crippen molar-refractivity contribution < 1.29 is 0 Å². The van der Waals surface area contributed by atoms with Gasteiger partial charge in [0, 0.05) is 6.20 Å². The third-order valence-electron chi connectivity index (χ3n) is 6.18. The number of nitrogens with one attached hydrogen (secondary N) is 2. The lowest BCUT2D eigenvalue weighted by atomic mass is 10.0. The lowest BCUT2D eigenvalue weighted by Crippen LogP contribution is -2.19. The molecule has 2 aromatic heterocycles. The molecule has 0 radical (unpaired) electrons. The van der Waals surface area contributed by atoms with Crippen molar-refractivity contribution in [2.75, 3.05) is 10.6 Å². The van der Waals surface area contributed by atoms with Crippen molar-refractivity contribution in [1.82, 2.24) is 19.6 Å². The van der Waals surface area contributed by atoms with E-state index in [1.807, 2.05) is 22.5 Å². The van der Waals surface area contributed by atoms with Crippen LogP contribution in [0, 0.1) is 20.8 Å². The Kier molecular flexibility index (Phi) is 6.33. The Hall–Kier alpha value is -3.97. The van der Waals surface area contributed by atoms with Gasteiger partial charge in [0.05, 0.1) is 42.0 Å². The molecule has 0 aliphatic rings. The number of thiocarbonyl (C=S) groups is 1. The van der Waals surface area contributed by atoms with Gasteiger partial charge in [0.25, 0.3) is 0 Å². The first-order valence-corrected chi connectivity index (χ1v) is 12.0. The molecule has 5 aromatic rings. The first-order valence-electron chi connectivity index (χ1n) is 11.6. The molecule has 0 aliphatic heterocycles. The molecular weight excluding hydrogens is 452 g/mol. The SMILES string of the molecule is Cc1ccc(Cn2nc(C)c(NC(=S)Nc3cnn(Cc4cccc5ccccc45)c3)c2C)cc1. The molecule has 0 bridgehead atoms. The summed E-state index contributed by atoms with van der Waals surface area (Å²) in [5, 5.41) is 18.8. The van der Waals surface area contributed by atoms with E-state index < -0.39 is 0 Å². The maximum atomic E-state index is 5.60. The van der Waals surface area contributed by atoms with Crippen molar-refractivity contribution in [2.45, 2.75) is 33.9 Å². The van der Waals surface area contributed by atoms with Crippen molar-refractivity contribution in [2.24, 2.45) is 0 Å². The zero-order chi connectivity index (χ0) is 24.4. The van der Waals surface area contributed by atoms with Gasteiger partial charge >= 0.3 is 0 Å². The van der Waals surface area contributed by atoms with E-state index in [2.05, 4.69) is 96.3 Å². The molecule has 0 fully saturated rings. The molecule has 0 amide bonds. The molecule has 7 heteroatoms. The lowest BCUT2D eigenvalue weighted by Gasteiger charge is -2.10. The van der Waals surface area contributed by atoms with Crippen molar-refractivity contribution in [1.29, 1.82) is 0 Å². The van der Waals surface area contributed by atoms with Crippen molar-refractivity contribution >= 4 is 39.5 Å². The molecule has 6 nitrogen and oxygen atoms in total. The number of aromatic nitrogens is 4. The average molecular weight is 481 g/mol. The van der Waals surface area contributed by atoms with Gasteiger partial charge in [-0.05, 0) is 54.9 Å². The zero-order valence-corrected chi connectivity index (χ0v) is 20.9. The number of anilines is 2. The summed E-state index contributed by atoms with van der Waals surface area (Å²) in [6.45, 7) is 7.55. The number of hydrogen-bond donors (Lipinski definition) is 2. The Morgan fingerprint density at radius 2 is 1.66 bits per heavy atom. The minimum absolute atomic E-state index is 0.510. The maximum absolute atomic E-state index is 5.60. The van der Waals surface area contributed by atoms with Crippen LogP contribution in [0.3, 0.4) is 0 Å². The van der Waals surface area contributed by atoms with Gasteiger partial charge < -0.3 is 10.6 Å². The molecule has 0 spiro atoms. The van der Waals surface area contributed by atoms with E-state index in [-0.39, 0.29) is 0 Å². The average Bonchev–Trinajstić information content (AvgIpc) is 3.39. The highest BCUT2D eigenvalue weighted by atomic mass is 32.1. The minimum atomic E-state index is 0.510. The van der Waals surface area contributed by atoms with Gasteiger partial charge in [0.1, 0.15) is 0 Å². The van der Waals surface area contributed by atoms with Crippen molar-refractivity contribution in [3.05, 3.63) is 107 Å². The fourth-order valence-corrected chi connectivity index (χ4v) is 4.51. The van der Waals surface area contributed by atoms with Crippen molar-refractivity contribution in [3.63, 3.8) is 0 Å². The standard InChI is InChI=1S/C28H28N6S/c1-19-11-13-22(14-12-19)16-34-21(3)27(20(2)32-34)31-28(35)30-25-15-29-33(18-25)17-24-9-6-8-23-7-4-5-10-26(23)24/h4-15,18H,16-17H2,1-3H3,(H2,30,31,35). The number of fused-ring (bicyclic) bond motifs is 1. The predicted octanol–water partition coefficient (Wildman–Crippen LogP) is 6.06. The monoisotopic (exact) mass is 480 g/mol. The Bertz CT molecular complexity index is 1490. The van der Waals surface area contributed by atoms with Crippen LogP contribution in [0.5, 0.6) is 0 Å². The van der Waals surface area contributed by atoms with Crippen LogP contribution in [-0.4, -0.2) is 24.7 Å². The molecule has 35 heavy (non-hydrogen) atoms. The van der Waals surface area contributed by atoms with Crippen LogP contribution in [0.15, 0.2) is 79.1 Å². The van der Waals surface area contributed by atoms with Crippen LogP contribution < -0.4 is 10.6 Å². The second-order valence-electron chi connectivity index (χ2n) is 8.83. The molecule has 0 saturated carbocycles. The topological polar surface area (TPSA) is 59.7 Å². The molecule has 0 atom stereocenters. The summed E-state index contributed by atoms with van der Waals surface area (Å²) in [5.41, 5.74) is 7.41. The van der Waals surface area contributed by atoms with Crippen LogP contribution in [0.4, 0.5) is 11.4 Å². The van der Waals surface area contributed by atoms with Gasteiger partial charge in [-0.25, -0.2) is 0 Å². The molecule has 5 rings (SSSR count). The van der Waals surface area contributed by atoms with E-state index >= 15 is 0 Å². The summed E-state index contributed by atoms with van der Waals surface area (Å²) < 4.78 is 3.93. The first-order chi connectivity index (χ1) is 17.0. The first kappa shape index (κ1) is 22.8. The second kappa shape index (κ2) is 9.72. The number of nitrogens with zero attached hydrogens (tertiary/aromatic N) is 4. The van der Waals surface area contributed by atoms with Gasteiger partial charge in [-0.1, -0.05) is 72.3 Å². The molecular formula is C28H28N6S. The predicted molar refractivity (Wildman–Crippen MR) is 147 cm³/mol. The molecule has 0 saturated heterocycles. The summed E-state index contributed by atoms with van der Waals surface area (Å²) in [4.78, 5) is 0.